The lowest BCUT2D eigenvalue weighted by molar-refractivity contribution is 0.0693. The smallest absolute Gasteiger partial charge is 0.340 e. The summed E-state index contributed by atoms with van der Waals surface area (Å²) < 4.78 is 13.4. The summed E-state index contributed by atoms with van der Waals surface area (Å²) in [5.41, 5.74) is -0.579. The largest absolute Gasteiger partial charge is 0.478 e. The number of carbonyl (C=O) groups is 2. The van der Waals surface area contributed by atoms with Gasteiger partial charge < -0.3 is 15.7 Å². The Labute approximate surface area is 109 Å². The average molecular weight is 266 g/mol. The second-order valence-electron chi connectivity index (χ2n) is 4.69. The number of halogens is 1. The average Bonchev–Trinajstić information content (AvgIpc) is 3.11. The summed E-state index contributed by atoms with van der Waals surface area (Å²) in [4.78, 5) is 22.7. The molecule has 2 amide bonds. The topological polar surface area (TPSA) is 78.4 Å². The van der Waals surface area contributed by atoms with E-state index in [-0.39, 0.29) is 11.7 Å². The predicted octanol–water partition coefficient (Wildman–Crippen LogP) is 2.44. The third-order valence-corrected chi connectivity index (χ3v) is 3.16. The number of anilines is 1. The molecule has 3 N–H and O–H groups in total. The van der Waals surface area contributed by atoms with Crippen molar-refractivity contribution in [2.75, 3.05) is 5.32 Å². The first kappa shape index (κ1) is 13.3. The van der Waals surface area contributed by atoms with Gasteiger partial charge in [0.15, 0.2) is 0 Å². The van der Waals surface area contributed by atoms with Crippen LogP contribution < -0.4 is 10.6 Å². The van der Waals surface area contributed by atoms with Crippen molar-refractivity contribution in [1.29, 1.82) is 0 Å². The van der Waals surface area contributed by atoms with Crippen LogP contribution in [0.15, 0.2) is 18.2 Å². The number of rotatable bonds is 4. The van der Waals surface area contributed by atoms with E-state index >= 15 is 0 Å². The number of benzene rings is 1. The second-order valence-corrected chi connectivity index (χ2v) is 4.69. The molecule has 0 heterocycles. The molecule has 5 nitrogen and oxygen atoms in total. The number of urea groups is 1. The minimum atomic E-state index is -1.41. The Balaban J connectivity index is 2.07. The van der Waals surface area contributed by atoms with Crippen LogP contribution in [0.3, 0.4) is 0 Å². The molecule has 0 aromatic heterocycles. The van der Waals surface area contributed by atoms with Crippen molar-refractivity contribution < 1.29 is 19.1 Å². The lowest BCUT2D eigenvalue weighted by Crippen LogP contribution is -2.37. The highest BCUT2D eigenvalue weighted by molar-refractivity contribution is 6.00. The normalized spacial score (nSPS) is 15.7. The Hall–Kier alpha value is -2.11. The molecule has 1 unspecified atom stereocenters. The number of amides is 2. The van der Waals surface area contributed by atoms with Crippen LogP contribution in [0.1, 0.15) is 30.1 Å². The minimum absolute atomic E-state index is 0.0295. The number of carboxylic acid groups (broad SMARTS) is 1. The van der Waals surface area contributed by atoms with Crippen LogP contribution in [-0.2, 0) is 0 Å². The van der Waals surface area contributed by atoms with Gasteiger partial charge in [0, 0.05) is 6.04 Å². The number of nitrogens with one attached hydrogen (secondary N) is 2. The fraction of sp³-hybridized carbons (Fsp3) is 0.385. The van der Waals surface area contributed by atoms with Gasteiger partial charge in [0.1, 0.15) is 11.4 Å². The molecule has 1 atom stereocenters. The van der Waals surface area contributed by atoms with Crippen LogP contribution in [0.2, 0.25) is 0 Å². The molecule has 19 heavy (non-hydrogen) atoms. The molecule has 1 aromatic carbocycles. The van der Waals surface area contributed by atoms with Gasteiger partial charge >= 0.3 is 12.0 Å². The highest BCUT2D eigenvalue weighted by Gasteiger charge is 2.29. The van der Waals surface area contributed by atoms with Gasteiger partial charge in [-0.25, -0.2) is 14.0 Å². The summed E-state index contributed by atoms with van der Waals surface area (Å²) in [6.45, 7) is 1.89. The van der Waals surface area contributed by atoms with Crippen LogP contribution in [0.4, 0.5) is 14.9 Å². The summed E-state index contributed by atoms with van der Waals surface area (Å²) in [6.07, 6.45) is 2.17. The van der Waals surface area contributed by atoms with Crippen LogP contribution in [-0.4, -0.2) is 23.1 Å². The van der Waals surface area contributed by atoms with E-state index in [0.717, 1.165) is 18.9 Å². The SMILES string of the molecule is CC(NC(=O)Nc1cccc(F)c1C(=O)O)C1CC1. The number of hydrogen-bond donors (Lipinski definition) is 3. The van der Waals surface area contributed by atoms with Gasteiger partial charge in [-0.1, -0.05) is 6.07 Å². The van der Waals surface area contributed by atoms with Gasteiger partial charge in [0.2, 0.25) is 0 Å². The van der Waals surface area contributed by atoms with Gasteiger partial charge in [-0.15, -0.1) is 0 Å². The quantitative estimate of drug-likeness (QED) is 0.783. The maximum absolute atomic E-state index is 13.4. The number of aromatic carboxylic acids is 1. The highest BCUT2D eigenvalue weighted by Crippen LogP contribution is 2.32. The lowest BCUT2D eigenvalue weighted by atomic mass is 10.1. The second kappa shape index (κ2) is 5.26. The molecule has 102 valence electrons. The Morgan fingerprint density at radius 2 is 2.11 bits per heavy atom. The first-order valence-corrected chi connectivity index (χ1v) is 6.08. The summed E-state index contributed by atoms with van der Waals surface area (Å²) in [5, 5.41) is 14.0. The van der Waals surface area contributed by atoms with Gasteiger partial charge in [-0.3, -0.25) is 0 Å². The van der Waals surface area contributed by atoms with Crippen molar-refractivity contribution in [2.24, 2.45) is 5.92 Å². The van der Waals surface area contributed by atoms with E-state index in [1.165, 1.54) is 12.1 Å². The molecule has 0 aliphatic heterocycles. The van der Waals surface area contributed by atoms with E-state index in [1.54, 1.807) is 0 Å². The molecule has 1 aliphatic carbocycles. The third-order valence-electron chi connectivity index (χ3n) is 3.16. The van der Waals surface area contributed by atoms with Crippen LogP contribution in [0.25, 0.3) is 0 Å². The summed E-state index contributed by atoms with van der Waals surface area (Å²) in [7, 11) is 0. The fourth-order valence-corrected chi connectivity index (χ4v) is 1.92. The molecule has 6 heteroatoms. The van der Waals surface area contributed by atoms with Gasteiger partial charge in [-0.2, -0.15) is 0 Å². The Kier molecular flexibility index (Phi) is 3.69. The van der Waals surface area contributed by atoms with Crippen molar-refractivity contribution in [3.05, 3.63) is 29.6 Å². The fourth-order valence-electron chi connectivity index (χ4n) is 1.92. The Morgan fingerprint density at radius 1 is 1.42 bits per heavy atom. The minimum Gasteiger partial charge on any atom is -0.478 e. The van der Waals surface area contributed by atoms with Crippen molar-refractivity contribution >= 4 is 17.7 Å². The zero-order valence-electron chi connectivity index (χ0n) is 10.4. The van der Waals surface area contributed by atoms with Gasteiger partial charge in [0.25, 0.3) is 0 Å². The van der Waals surface area contributed by atoms with E-state index in [0.29, 0.717) is 5.92 Å². The first-order valence-electron chi connectivity index (χ1n) is 6.08. The lowest BCUT2D eigenvalue weighted by Gasteiger charge is -2.14. The summed E-state index contributed by atoms with van der Waals surface area (Å²) in [6, 6.07) is 3.25. The molecule has 0 bridgehead atoms. The highest BCUT2D eigenvalue weighted by atomic mass is 19.1. The maximum atomic E-state index is 13.4. The zero-order valence-corrected chi connectivity index (χ0v) is 10.4. The summed E-state index contributed by atoms with van der Waals surface area (Å²) in [5.74, 6) is -1.80. The Morgan fingerprint density at radius 3 is 2.68 bits per heavy atom. The van der Waals surface area contributed by atoms with Crippen molar-refractivity contribution in [3.63, 3.8) is 0 Å². The van der Waals surface area contributed by atoms with Crippen molar-refractivity contribution in [1.82, 2.24) is 5.32 Å². The molecule has 1 saturated carbocycles. The predicted molar refractivity (Wildman–Crippen MR) is 67.7 cm³/mol. The number of hydrogen-bond acceptors (Lipinski definition) is 2. The van der Waals surface area contributed by atoms with Gasteiger partial charge in [0.05, 0.1) is 5.69 Å². The van der Waals surface area contributed by atoms with E-state index in [2.05, 4.69) is 10.6 Å². The maximum Gasteiger partial charge on any atom is 0.340 e. The molecular formula is C13H15FN2O3. The monoisotopic (exact) mass is 266 g/mol. The Bertz CT molecular complexity index is 515. The van der Waals surface area contributed by atoms with E-state index < -0.39 is 23.4 Å². The van der Waals surface area contributed by atoms with Gasteiger partial charge in [-0.05, 0) is 37.8 Å². The number of carbonyl (C=O) groups excluding carboxylic acids is 1. The molecule has 1 fully saturated rings. The van der Waals surface area contributed by atoms with Crippen LogP contribution >= 0.6 is 0 Å². The molecular weight excluding hydrogens is 251 g/mol. The molecule has 0 spiro atoms. The van der Waals surface area contributed by atoms with Crippen LogP contribution in [0.5, 0.6) is 0 Å². The standard InChI is InChI=1S/C13H15FN2O3/c1-7(8-5-6-8)15-13(19)16-10-4-2-3-9(14)11(10)12(17)18/h2-4,7-8H,5-6H2,1H3,(H,17,18)(H2,15,16,19). The van der Waals surface area contributed by atoms with E-state index in [1.807, 2.05) is 6.92 Å². The molecule has 0 saturated heterocycles. The molecule has 2 rings (SSSR count). The van der Waals surface area contributed by atoms with Crippen LogP contribution in [0, 0.1) is 11.7 Å². The zero-order chi connectivity index (χ0) is 14.0. The number of carboxylic acids is 1. The molecule has 1 aliphatic rings. The third kappa shape index (κ3) is 3.21. The first-order chi connectivity index (χ1) is 8.99. The van der Waals surface area contributed by atoms with E-state index in [9.17, 15) is 14.0 Å². The van der Waals surface area contributed by atoms with Crippen molar-refractivity contribution in [3.8, 4) is 0 Å². The summed E-state index contributed by atoms with van der Waals surface area (Å²) >= 11 is 0. The molecule has 1 aromatic rings. The molecule has 0 radical (unpaired) electrons. The van der Waals surface area contributed by atoms with Crippen molar-refractivity contribution in [2.45, 2.75) is 25.8 Å². The van der Waals surface area contributed by atoms with E-state index in [4.69, 9.17) is 5.11 Å².